The number of rotatable bonds is 0. The van der Waals surface area contributed by atoms with Crippen LogP contribution in [0.1, 0.15) is 34.3 Å². The van der Waals surface area contributed by atoms with Crippen molar-refractivity contribution in [3.63, 3.8) is 0 Å². The Hall–Kier alpha value is -1.64. The van der Waals surface area contributed by atoms with Crippen molar-refractivity contribution in [1.82, 2.24) is 0 Å². The first-order valence-electron chi connectivity index (χ1n) is 5.48. The molecule has 0 bridgehead atoms. The number of hydrogen-bond acceptors (Lipinski definition) is 2. The van der Waals surface area contributed by atoms with Crippen LogP contribution in [0, 0.1) is 0 Å². The average molecular weight is 210 g/mol. The van der Waals surface area contributed by atoms with Gasteiger partial charge in [0.05, 0.1) is 12.1 Å². The lowest BCUT2D eigenvalue weighted by Gasteiger charge is -2.30. The van der Waals surface area contributed by atoms with Crippen LogP contribution in [-0.2, 0) is 0 Å². The normalized spacial score (nSPS) is 22.4. The van der Waals surface area contributed by atoms with E-state index in [-0.39, 0.29) is 12.1 Å². The van der Waals surface area contributed by atoms with Gasteiger partial charge in [0.15, 0.2) is 0 Å². The zero-order valence-corrected chi connectivity index (χ0v) is 8.93. The monoisotopic (exact) mass is 210 g/mol. The molecular formula is C14H14N2. The predicted octanol–water partition coefficient (Wildman–Crippen LogP) is 2.10. The van der Waals surface area contributed by atoms with Crippen molar-refractivity contribution >= 4 is 0 Å². The number of hydrogen-bond donors (Lipinski definition) is 2. The molecule has 1 aliphatic rings. The minimum Gasteiger partial charge on any atom is -0.320 e. The fourth-order valence-electron chi connectivity index (χ4n) is 2.49. The summed E-state index contributed by atoms with van der Waals surface area (Å²) in [6.45, 7) is 0. The summed E-state index contributed by atoms with van der Waals surface area (Å²) < 4.78 is 0. The number of benzene rings is 2. The van der Waals surface area contributed by atoms with Gasteiger partial charge in [-0.1, -0.05) is 48.5 Å². The van der Waals surface area contributed by atoms with E-state index in [1.807, 2.05) is 24.3 Å². The van der Waals surface area contributed by atoms with Crippen LogP contribution in [0.15, 0.2) is 48.5 Å². The van der Waals surface area contributed by atoms with Gasteiger partial charge in [-0.2, -0.15) is 0 Å². The van der Waals surface area contributed by atoms with E-state index in [2.05, 4.69) is 24.3 Å². The Morgan fingerprint density at radius 1 is 0.562 bits per heavy atom. The van der Waals surface area contributed by atoms with Crippen molar-refractivity contribution in [2.45, 2.75) is 12.1 Å². The highest BCUT2D eigenvalue weighted by atomic mass is 14.7. The molecule has 0 radical (unpaired) electrons. The summed E-state index contributed by atoms with van der Waals surface area (Å²) in [5.41, 5.74) is 17.1. The van der Waals surface area contributed by atoms with Crippen molar-refractivity contribution in [2.75, 3.05) is 0 Å². The van der Waals surface area contributed by atoms with Crippen molar-refractivity contribution in [1.29, 1.82) is 0 Å². The van der Waals surface area contributed by atoms with Gasteiger partial charge < -0.3 is 11.5 Å². The van der Waals surface area contributed by atoms with Crippen molar-refractivity contribution in [3.05, 3.63) is 70.8 Å². The second kappa shape index (κ2) is 3.44. The van der Waals surface area contributed by atoms with Crippen LogP contribution in [-0.4, -0.2) is 0 Å². The molecule has 3 rings (SSSR count). The van der Waals surface area contributed by atoms with Gasteiger partial charge in [0.2, 0.25) is 0 Å². The summed E-state index contributed by atoms with van der Waals surface area (Å²) in [7, 11) is 0. The quantitative estimate of drug-likeness (QED) is 0.699. The molecule has 0 aromatic heterocycles. The molecule has 2 heteroatoms. The van der Waals surface area contributed by atoms with Gasteiger partial charge in [0.1, 0.15) is 0 Å². The van der Waals surface area contributed by atoms with E-state index in [0.717, 1.165) is 22.3 Å². The Kier molecular flexibility index (Phi) is 2.06. The van der Waals surface area contributed by atoms with Gasteiger partial charge in [-0.3, -0.25) is 0 Å². The van der Waals surface area contributed by atoms with Gasteiger partial charge in [-0.15, -0.1) is 0 Å². The Morgan fingerprint density at radius 3 is 1.06 bits per heavy atom. The van der Waals surface area contributed by atoms with E-state index in [1.165, 1.54) is 0 Å². The first kappa shape index (κ1) is 9.58. The first-order chi connectivity index (χ1) is 7.79. The molecule has 2 nitrogen and oxygen atoms in total. The van der Waals surface area contributed by atoms with Gasteiger partial charge in [0, 0.05) is 0 Å². The SMILES string of the molecule is NC1c2ccccc2C(N)c2ccccc21. The second-order valence-corrected chi connectivity index (χ2v) is 4.21. The highest BCUT2D eigenvalue weighted by Gasteiger charge is 2.26. The maximum absolute atomic E-state index is 6.26. The standard InChI is InChI=1S/C14H14N2/c15-13-9-5-1-2-6-10(9)14(16)12-8-4-3-7-11(12)13/h1-8,13-14H,15-16H2. The van der Waals surface area contributed by atoms with E-state index in [1.54, 1.807) is 0 Å². The average Bonchev–Trinajstić information content (AvgIpc) is 2.36. The van der Waals surface area contributed by atoms with Crippen LogP contribution in [0.4, 0.5) is 0 Å². The molecule has 0 spiro atoms. The van der Waals surface area contributed by atoms with Crippen LogP contribution in [0.2, 0.25) is 0 Å². The van der Waals surface area contributed by atoms with E-state index < -0.39 is 0 Å². The largest absolute Gasteiger partial charge is 0.320 e. The number of fused-ring (bicyclic) bond motifs is 2. The molecule has 0 atom stereocenters. The molecule has 0 saturated carbocycles. The third-order valence-corrected chi connectivity index (χ3v) is 3.33. The molecule has 2 aromatic carbocycles. The van der Waals surface area contributed by atoms with Gasteiger partial charge in [0.25, 0.3) is 0 Å². The summed E-state index contributed by atoms with van der Waals surface area (Å²) in [6.07, 6.45) is 0. The summed E-state index contributed by atoms with van der Waals surface area (Å²) in [6, 6.07) is 16.2. The summed E-state index contributed by atoms with van der Waals surface area (Å²) in [5.74, 6) is 0. The lowest BCUT2D eigenvalue weighted by molar-refractivity contribution is 0.731. The predicted molar refractivity (Wildman–Crippen MR) is 64.9 cm³/mol. The highest BCUT2D eigenvalue weighted by Crippen LogP contribution is 2.37. The third-order valence-electron chi connectivity index (χ3n) is 3.33. The first-order valence-corrected chi connectivity index (χ1v) is 5.48. The smallest absolute Gasteiger partial charge is 0.0558 e. The zero-order valence-electron chi connectivity index (χ0n) is 8.93. The van der Waals surface area contributed by atoms with E-state index in [9.17, 15) is 0 Å². The Morgan fingerprint density at radius 2 is 0.812 bits per heavy atom. The zero-order chi connectivity index (χ0) is 11.1. The molecule has 0 fully saturated rings. The lowest BCUT2D eigenvalue weighted by atomic mass is 9.80. The van der Waals surface area contributed by atoms with E-state index >= 15 is 0 Å². The molecule has 16 heavy (non-hydrogen) atoms. The van der Waals surface area contributed by atoms with Crippen LogP contribution < -0.4 is 11.5 Å². The molecule has 0 heterocycles. The minimum atomic E-state index is -0.0489. The molecular weight excluding hydrogens is 196 g/mol. The molecule has 4 N–H and O–H groups in total. The van der Waals surface area contributed by atoms with Crippen molar-refractivity contribution in [2.24, 2.45) is 11.5 Å². The van der Waals surface area contributed by atoms with Crippen molar-refractivity contribution < 1.29 is 0 Å². The molecule has 0 saturated heterocycles. The fourth-order valence-corrected chi connectivity index (χ4v) is 2.49. The summed E-state index contributed by atoms with van der Waals surface area (Å²) >= 11 is 0. The highest BCUT2D eigenvalue weighted by molar-refractivity contribution is 5.51. The van der Waals surface area contributed by atoms with Crippen LogP contribution in [0.25, 0.3) is 0 Å². The summed E-state index contributed by atoms with van der Waals surface area (Å²) in [5, 5.41) is 0. The topological polar surface area (TPSA) is 52.0 Å². The molecule has 0 aliphatic heterocycles. The number of nitrogens with two attached hydrogens (primary N) is 2. The van der Waals surface area contributed by atoms with Crippen LogP contribution in [0.5, 0.6) is 0 Å². The lowest BCUT2D eigenvalue weighted by Crippen LogP contribution is -2.27. The molecule has 80 valence electrons. The maximum atomic E-state index is 6.26. The Labute approximate surface area is 94.9 Å². The Balaban J connectivity index is 2.26. The molecule has 0 unspecified atom stereocenters. The fraction of sp³-hybridized carbons (Fsp3) is 0.143. The Bertz CT molecular complexity index is 438. The van der Waals surface area contributed by atoms with Gasteiger partial charge >= 0.3 is 0 Å². The van der Waals surface area contributed by atoms with E-state index in [0.29, 0.717) is 0 Å². The van der Waals surface area contributed by atoms with Gasteiger partial charge in [-0.25, -0.2) is 0 Å². The maximum Gasteiger partial charge on any atom is 0.0558 e. The van der Waals surface area contributed by atoms with Crippen LogP contribution >= 0.6 is 0 Å². The van der Waals surface area contributed by atoms with Gasteiger partial charge in [-0.05, 0) is 22.3 Å². The molecule has 1 aliphatic carbocycles. The van der Waals surface area contributed by atoms with E-state index in [4.69, 9.17) is 11.5 Å². The third kappa shape index (κ3) is 1.21. The second-order valence-electron chi connectivity index (χ2n) is 4.21. The molecule has 2 aromatic rings. The molecule has 0 amide bonds. The minimum absolute atomic E-state index is 0.0489. The van der Waals surface area contributed by atoms with Crippen molar-refractivity contribution in [3.8, 4) is 0 Å². The summed E-state index contributed by atoms with van der Waals surface area (Å²) in [4.78, 5) is 0. The van der Waals surface area contributed by atoms with Crippen LogP contribution in [0.3, 0.4) is 0 Å².